The van der Waals surface area contributed by atoms with Crippen molar-refractivity contribution in [3.05, 3.63) is 113 Å². The molecule has 0 spiro atoms. The van der Waals surface area contributed by atoms with Gasteiger partial charge in [0.05, 0.1) is 34.3 Å². The number of benzene rings is 4. The van der Waals surface area contributed by atoms with Crippen molar-refractivity contribution in [1.29, 1.82) is 0 Å². The second-order valence-corrected chi connectivity index (χ2v) is 15.0. The van der Waals surface area contributed by atoms with Crippen LogP contribution in [0.2, 0.25) is 0 Å². The van der Waals surface area contributed by atoms with Crippen LogP contribution in [0, 0.1) is 23.6 Å². The van der Waals surface area contributed by atoms with Crippen LogP contribution >= 0.6 is 23.2 Å². The Kier molecular flexibility index (Phi) is 7.86. The zero-order valence-corrected chi connectivity index (χ0v) is 28.7. The van der Waals surface area contributed by atoms with Crippen LogP contribution < -0.4 is 9.80 Å². The number of rotatable bonds is 3. The molecule has 0 aromatic heterocycles. The van der Waals surface area contributed by atoms with Crippen molar-refractivity contribution in [2.24, 2.45) is 17.8 Å². The lowest BCUT2D eigenvalue weighted by Gasteiger charge is -2.51. The van der Waals surface area contributed by atoms with E-state index in [-0.39, 0.29) is 41.6 Å². The number of amides is 4. The second kappa shape index (κ2) is 11.8. The number of fused-ring (bicyclic) bond motifs is 5. The lowest BCUT2D eigenvalue weighted by Crippen LogP contribution is -2.60. The first-order valence-corrected chi connectivity index (χ1v) is 17.1. The number of aromatic hydroxyl groups is 1. The molecule has 3 fully saturated rings. The summed E-state index contributed by atoms with van der Waals surface area (Å²) in [5, 5.41) is 11.4. The molecule has 1 N–H and O–H groups in total. The lowest BCUT2D eigenvalue weighted by atomic mass is 9.56. The SMILES string of the molecule is O=C1C2CC=C3C(CC4(Cl)C(=O)N(c5ccc(F)cc5)C(=O)C4(Cl)C3c3ccc(O)c4ccccc34)C2C(=O)N1c1cc(C(F)(F)F)cc(C(F)(F)F)c1. The molecule has 4 amide bonds. The van der Waals surface area contributed by atoms with E-state index < -0.39 is 98.5 Å². The van der Waals surface area contributed by atoms with E-state index in [2.05, 4.69) is 0 Å². The molecule has 2 heterocycles. The molecule has 8 rings (SSSR count). The molecule has 4 aromatic rings. The quantitative estimate of drug-likeness (QED) is 0.0973. The van der Waals surface area contributed by atoms with Crippen LogP contribution in [0.3, 0.4) is 0 Å². The third kappa shape index (κ3) is 4.94. The fraction of sp³-hybridized carbons (Fsp3) is 0.263. The summed E-state index contributed by atoms with van der Waals surface area (Å²) in [6.45, 7) is 0. The highest BCUT2D eigenvalue weighted by atomic mass is 35.5. The minimum absolute atomic E-state index is 0.0756. The van der Waals surface area contributed by atoms with Gasteiger partial charge in [-0.1, -0.05) is 42.0 Å². The molecule has 54 heavy (non-hydrogen) atoms. The van der Waals surface area contributed by atoms with E-state index in [1.54, 1.807) is 30.3 Å². The molecule has 0 radical (unpaired) electrons. The van der Waals surface area contributed by atoms with Crippen molar-refractivity contribution in [3.8, 4) is 5.75 Å². The van der Waals surface area contributed by atoms with Gasteiger partial charge < -0.3 is 5.11 Å². The molecule has 2 aliphatic carbocycles. The number of allylic oxidation sites excluding steroid dienone is 2. The Balaban J connectivity index is 1.31. The summed E-state index contributed by atoms with van der Waals surface area (Å²) in [5.74, 6) is -10.3. The predicted molar refractivity (Wildman–Crippen MR) is 181 cm³/mol. The number of halogens is 9. The van der Waals surface area contributed by atoms with Gasteiger partial charge in [-0.25, -0.2) is 14.2 Å². The minimum atomic E-state index is -5.27. The van der Waals surface area contributed by atoms with Crippen molar-refractivity contribution in [2.45, 2.75) is 40.9 Å². The summed E-state index contributed by atoms with van der Waals surface area (Å²) >= 11 is 14.7. The Bertz CT molecular complexity index is 2330. The predicted octanol–water partition coefficient (Wildman–Crippen LogP) is 8.49. The number of imide groups is 2. The third-order valence-electron chi connectivity index (χ3n) is 11.0. The number of phenols is 1. The molecule has 6 unspecified atom stereocenters. The fourth-order valence-electron chi connectivity index (χ4n) is 8.62. The summed E-state index contributed by atoms with van der Waals surface area (Å²) in [4.78, 5) is 53.7. The number of carbonyl (C=O) groups is 4. The van der Waals surface area contributed by atoms with Crippen LogP contribution in [0.25, 0.3) is 10.8 Å². The molecule has 16 heteroatoms. The van der Waals surface area contributed by atoms with E-state index in [4.69, 9.17) is 23.2 Å². The Morgan fingerprint density at radius 2 is 1.31 bits per heavy atom. The summed E-state index contributed by atoms with van der Waals surface area (Å²) in [6.07, 6.45) is -9.79. The molecular formula is C38H23Cl2F7N2O5. The average molecular weight is 792 g/mol. The van der Waals surface area contributed by atoms with Gasteiger partial charge in [0, 0.05) is 11.3 Å². The van der Waals surface area contributed by atoms with Crippen LogP contribution in [0.4, 0.5) is 42.1 Å². The van der Waals surface area contributed by atoms with Crippen LogP contribution in [0.15, 0.2) is 90.5 Å². The Hall–Kier alpha value is -4.95. The normalized spacial score (nSPS) is 28.4. The van der Waals surface area contributed by atoms with Crippen LogP contribution in [0.1, 0.15) is 35.4 Å². The lowest BCUT2D eigenvalue weighted by molar-refractivity contribution is -0.143. The molecule has 4 aromatic carbocycles. The molecule has 2 saturated heterocycles. The van der Waals surface area contributed by atoms with Gasteiger partial charge >= 0.3 is 12.4 Å². The fourth-order valence-corrected chi connectivity index (χ4v) is 9.55. The molecule has 7 nitrogen and oxygen atoms in total. The molecule has 4 aliphatic rings. The summed E-state index contributed by atoms with van der Waals surface area (Å²) in [7, 11) is 0. The number of hydrogen-bond acceptors (Lipinski definition) is 5. The molecule has 0 bridgehead atoms. The zero-order valence-electron chi connectivity index (χ0n) is 27.2. The van der Waals surface area contributed by atoms with Gasteiger partial charge in [-0.15, -0.1) is 23.2 Å². The third-order valence-corrected chi connectivity index (χ3v) is 12.4. The Morgan fingerprint density at radius 3 is 1.93 bits per heavy atom. The van der Waals surface area contributed by atoms with E-state index >= 15 is 0 Å². The maximum atomic E-state index is 14.6. The van der Waals surface area contributed by atoms with E-state index in [0.717, 1.165) is 24.3 Å². The van der Waals surface area contributed by atoms with Crippen molar-refractivity contribution in [2.75, 3.05) is 9.80 Å². The van der Waals surface area contributed by atoms with E-state index in [1.165, 1.54) is 12.1 Å². The van der Waals surface area contributed by atoms with Crippen LogP contribution in [-0.2, 0) is 31.5 Å². The number of anilines is 2. The molecule has 2 aliphatic heterocycles. The highest BCUT2D eigenvalue weighted by molar-refractivity contribution is 6.58. The minimum Gasteiger partial charge on any atom is -0.507 e. The standard InChI is InChI=1S/C38H23Cl2F7N2O5/c39-35-16-27-25(9-10-26-29(27)32(52)48(31(26)51)21-14-17(37(42,43)44)13-18(15-21)38(45,46)47)30(24-11-12-28(50)23-4-2-1-3-22(23)24)36(35,40)34(54)49(33(35)53)20-7-5-19(41)6-8-20/h1-9,11-15,26-27,29-30,50H,10,16H2. The largest absolute Gasteiger partial charge is 0.507 e. The van der Waals surface area contributed by atoms with E-state index in [9.17, 15) is 55.0 Å². The van der Waals surface area contributed by atoms with Gasteiger partial charge in [0.25, 0.3) is 11.8 Å². The molecule has 6 atom stereocenters. The van der Waals surface area contributed by atoms with Gasteiger partial charge in [0.15, 0.2) is 9.75 Å². The molecule has 1 saturated carbocycles. The summed E-state index contributed by atoms with van der Waals surface area (Å²) in [6, 6.07) is 14.1. The van der Waals surface area contributed by atoms with Gasteiger partial charge in [0.2, 0.25) is 11.8 Å². The average Bonchev–Trinajstić information content (AvgIpc) is 3.46. The number of nitrogens with zero attached hydrogens (tertiary/aromatic N) is 2. The van der Waals surface area contributed by atoms with Gasteiger partial charge in [-0.3, -0.25) is 19.2 Å². The van der Waals surface area contributed by atoms with Gasteiger partial charge in [-0.2, -0.15) is 26.3 Å². The van der Waals surface area contributed by atoms with Crippen molar-refractivity contribution >= 4 is 69.0 Å². The summed E-state index contributed by atoms with van der Waals surface area (Å²) in [5.41, 5.74) is -3.91. The topological polar surface area (TPSA) is 95.0 Å². The molecular weight excluding hydrogens is 768 g/mol. The number of carbonyl (C=O) groups excluding carboxylic acids is 4. The second-order valence-electron chi connectivity index (χ2n) is 13.7. The van der Waals surface area contributed by atoms with Gasteiger partial charge in [-0.05, 0) is 78.2 Å². The van der Waals surface area contributed by atoms with Crippen LogP contribution in [-0.4, -0.2) is 38.5 Å². The van der Waals surface area contributed by atoms with E-state index in [1.807, 2.05) is 0 Å². The van der Waals surface area contributed by atoms with Crippen molar-refractivity contribution in [3.63, 3.8) is 0 Å². The zero-order chi connectivity index (χ0) is 38.9. The maximum Gasteiger partial charge on any atom is 0.416 e. The number of alkyl halides is 8. The van der Waals surface area contributed by atoms with E-state index in [0.29, 0.717) is 26.1 Å². The first-order valence-electron chi connectivity index (χ1n) is 16.4. The Labute approximate surface area is 310 Å². The first kappa shape index (κ1) is 36.0. The monoisotopic (exact) mass is 790 g/mol. The Morgan fingerprint density at radius 1 is 0.704 bits per heavy atom. The highest BCUT2D eigenvalue weighted by Gasteiger charge is 2.76. The number of hydrogen-bond donors (Lipinski definition) is 1. The van der Waals surface area contributed by atoms with Crippen molar-refractivity contribution in [1.82, 2.24) is 0 Å². The van der Waals surface area contributed by atoms with Crippen LogP contribution in [0.5, 0.6) is 5.75 Å². The van der Waals surface area contributed by atoms with Gasteiger partial charge in [0.1, 0.15) is 11.6 Å². The first-order chi connectivity index (χ1) is 25.3. The number of phenolic OH excluding ortho intramolecular Hbond substituents is 1. The molecule has 278 valence electrons. The van der Waals surface area contributed by atoms with Crippen molar-refractivity contribution < 1.29 is 55.0 Å². The highest BCUT2D eigenvalue weighted by Crippen LogP contribution is 2.66. The smallest absolute Gasteiger partial charge is 0.416 e. The summed E-state index contributed by atoms with van der Waals surface area (Å²) < 4.78 is 96.9. The maximum absolute atomic E-state index is 14.6.